The molecule has 5 heteroatoms. The van der Waals surface area contributed by atoms with Gasteiger partial charge >= 0.3 is 0 Å². The summed E-state index contributed by atoms with van der Waals surface area (Å²) < 4.78 is 0. The van der Waals surface area contributed by atoms with Crippen molar-refractivity contribution in [3.8, 4) is 0 Å². The molecule has 1 aliphatic rings. The molecule has 1 aliphatic heterocycles. The number of amides is 2. The third-order valence-electron chi connectivity index (χ3n) is 3.32. The Balaban J connectivity index is 1.91. The molecular formula is C15H21N3O2. The van der Waals surface area contributed by atoms with Gasteiger partial charge in [-0.15, -0.1) is 0 Å². The van der Waals surface area contributed by atoms with Crippen molar-refractivity contribution in [2.24, 2.45) is 5.92 Å². The first kappa shape index (κ1) is 14.5. The summed E-state index contributed by atoms with van der Waals surface area (Å²) in [6.45, 7) is 4.59. The average Bonchev–Trinajstić information content (AvgIpc) is 2.95. The third-order valence-corrected chi connectivity index (χ3v) is 3.32. The summed E-state index contributed by atoms with van der Waals surface area (Å²) >= 11 is 0. The van der Waals surface area contributed by atoms with Gasteiger partial charge in [0.25, 0.3) is 0 Å². The maximum absolute atomic E-state index is 11.9. The van der Waals surface area contributed by atoms with E-state index in [0.29, 0.717) is 0 Å². The van der Waals surface area contributed by atoms with Crippen LogP contribution >= 0.6 is 0 Å². The SMILES string of the molecule is CC(C)C(=O)Nc1ccc(NC(=O)[C@H]2CCCN2)cc1. The molecule has 108 valence electrons. The van der Waals surface area contributed by atoms with E-state index in [1.165, 1.54) is 0 Å². The van der Waals surface area contributed by atoms with Crippen molar-refractivity contribution in [3.05, 3.63) is 24.3 Å². The highest BCUT2D eigenvalue weighted by atomic mass is 16.2. The Morgan fingerprint density at radius 2 is 1.75 bits per heavy atom. The summed E-state index contributed by atoms with van der Waals surface area (Å²) in [5.41, 5.74) is 1.48. The maximum Gasteiger partial charge on any atom is 0.241 e. The Morgan fingerprint density at radius 3 is 2.25 bits per heavy atom. The van der Waals surface area contributed by atoms with Crippen LogP contribution in [0.15, 0.2) is 24.3 Å². The van der Waals surface area contributed by atoms with Gasteiger partial charge in [-0.05, 0) is 43.7 Å². The van der Waals surface area contributed by atoms with Gasteiger partial charge in [-0.25, -0.2) is 0 Å². The van der Waals surface area contributed by atoms with Crippen LogP contribution in [0, 0.1) is 5.92 Å². The fraction of sp³-hybridized carbons (Fsp3) is 0.467. The summed E-state index contributed by atoms with van der Waals surface area (Å²) in [5.74, 6) is -0.0683. The van der Waals surface area contributed by atoms with Crippen molar-refractivity contribution < 1.29 is 9.59 Å². The van der Waals surface area contributed by atoms with Gasteiger partial charge in [-0.1, -0.05) is 13.8 Å². The molecule has 1 atom stereocenters. The van der Waals surface area contributed by atoms with Gasteiger partial charge in [0.1, 0.15) is 0 Å². The standard InChI is InChI=1S/C15H21N3O2/c1-10(2)14(19)17-11-5-7-12(8-6-11)18-15(20)13-4-3-9-16-13/h5-8,10,13,16H,3-4,9H2,1-2H3,(H,17,19)(H,18,20)/t13-/m1/s1. The summed E-state index contributed by atoms with van der Waals surface area (Å²) in [6, 6.07) is 7.08. The van der Waals surface area contributed by atoms with E-state index in [2.05, 4.69) is 16.0 Å². The first-order valence-electron chi connectivity index (χ1n) is 7.01. The molecule has 1 heterocycles. The van der Waals surface area contributed by atoms with Crippen LogP contribution in [0.3, 0.4) is 0 Å². The molecule has 0 bridgehead atoms. The lowest BCUT2D eigenvalue weighted by Crippen LogP contribution is -2.35. The number of carbonyl (C=O) groups excluding carboxylic acids is 2. The lowest BCUT2D eigenvalue weighted by molar-refractivity contribution is -0.119. The molecule has 2 amide bonds. The highest BCUT2D eigenvalue weighted by molar-refractivity contribution is 5.96. The second kappa shape index (κ2) is 6.52. The van der Waals surface area contributed by atoms with Crippen LogP contribution in [0.25, 0.3) is 0 Å². The molecule has 0 spiro atoms. The molecule has 0 aromatic heterocycles. The maximum atomic E-state index is 11.9. The second-order valence-corrected chi connectivity index (χ2v) is 5.36. The molecule has 20 heavy (non-hydrogen) atoms. The van der Waals surface area contributed by atoms with Gasteiger partial charge in [0, 0.05) is 17.3 Å². The lowest BCUT2D eigenvalue weighted by Gasteiger charge is -2.12. The Kier molecular flexibility index (Phi) is 4.74. The van der Waals surface area contributed by atoms with Crippen LogP contribution in [-0.2, 0) is 9.59 Å². The molecule has 0 aliphatic carbocycles. The Hall–Kier alpha value is -1.88. The number of hydrogen-bond acceptors (Lipinski definition) is 3. The molecule has 2 rings (SSSR count). The lowest BCUT2D eigenvalue weighted by atomic mass is 10.2. The van der Waals surface area contributed by atoms with E-state index < -0.39 is 0 Å². The highest BCUT2D eigenvalue weighted by Crippen LogP contribution is 2.15. The zero-order valence-corrected chi connectivity index (χ0v) is 11.9. The minimum absolute atomic E-state index is 0.00136. The van der Waals surface area contributed by atoms with Crippen molar-refractivity contribution in [2.45, 2.75) is 32.7 Å². The quantitative estimate of drug-likeness (QED) is 0.787. The number of rotatable bonds is 4. The molecule has 1 fully saturated rings. The number of carbonyl (C=O) groups is 2. The summed E-state index contributed by atoms with van der Waals surface area (Å²) in [5, 5.41) is 8.84. The van der Waals surface area contributed by atoms with E-state index in [4.69, 9.17) is 0 Å². The summed E-state index contributed by atoms with van der Waals surface area (Å²) in [6.07, 6.45) is 1.92. The molecule has 0 unspecified atom stereocenters. The smallest absolute Gasteiger partial charge is 0.241 e. The average molecular weight is 275 g/mol. The number of nitrogens with one attached hydrogen (secondary N) is 3. The van der Waals surface area contributed by atoms with Crippen LogP contribution in [0.5, 0.6) is 0 Å². The second-order valence-electron chi connectivity index (χ2n) is 5.36. The van der Waals surface area contributed by atoms with Crippen LogP contribution in [-0.4, -0.2) is 24.4 Å². The predicted molar refractivity (Wildman–Crippen MR) is 79.6 cm³/mol. The van der Waals surface area contributed by atoms with Gasteiger partial charge in [-0.3, -0.25) is 9.59 Å². The summed E-state index contributed by atoms with van der Waals surface area (Å²) in [4.78, 5) is 23.5. The molecule has 1 aromatic carbocycles. The van der Waals surface area contributed by atoms with Gasteiger partial charge in [-0.2, -0.15) is 0 Å². The van der Waals surface area contributed by atoms with Crippen LogP contribution in [0.1, 0.15) is 26.7 Å². The number of benzene rings is 1. The Bertz CT molecular complexity index is 476. The molecule has 1 saturated heterocycles. The first-order chi connectivity index (χ1) is 9.56. The van der Waals surface area contributed by atoms with Crippen LogP contribution in [0.4, 0.5) is 11.4 Å². The normalized spacial score (nSPS) is 18.1. The van der Waals surface area contributed by atoms with E-state index in [1.54, 1.807) is 24.3 Å². The molecule has 5 nitrogen and oxygen atoms in total. The minimum Gasteiger partial charge on any atom is -0.326 e. The van der Waals surface area contributed by atoms with E-state index in [-0.39, 0.29) is 23.8 Å². The third kappa shape index (κ3) is 3.81. The van der Waals surface area contributed by atoms with Crippen molar-refractivity contribution >= 4 is 23.2 Å². The van der Waals surface area contributed by atoms with E-state index in [1.807, 2.05) is 13.8 Å². The molecule has 1 aromatic rings. The van der Waals surface area contributed by atoms with E-state index in [0.717, 1.165) is 30.8 Å². The van der Waals surface area contributed by atoms with Gasteiger partial charge in [0.2, 0.25) is 11.8 Å². The summed E-state index contributed by atoms with van der Waals surface area (Å²) in [7, 11) is 0. The van der Waals surface area contributed by atoms with Crippen molar-refractivity contribution in [3.63, 3.8) is 0 Å². The van der Waals surface area contributed by atoms with Crippen LogP contribution < -0.4 is 16.0 Å². The Labute approximate surface area is 119 Å². The molecular weight excluding hydrogens is 254 g/mol. The Morgan fingerprint density at radius 1 is 1.15 bits per heavy atom. The van der Waals surface area contributed by atoms with E-state index >= 15 is 0 Å². The van der Waals surface area contributed by atoms with Gasteiger partial charge in [0.15, 0.2) is 0 Å². The fourth-order valence-corrected chi connectivity index (χ4v) is 2.06. The fourth-order valence-electron chi connectivity index (χ4n) is 2.06. The number of hydrogen-bond donors (Lipinski definition) is 3. The monoisotopic (exact) mass is 275 g/mol. The van der Waals surface area contributed by atoms with E-state index in [9.17, 15) is 9.59 Å². The van der Waals surface area contributed by atoms with Gasteiger partial charge in [0.05, 0.1) is 6.04 Å². The minimum atomic E-state index is -0.0877. The molecule has 0 saturated carbocycles. The first-order valence-corrected chi connectivity index (χ1v) is 7.01. The highest BCUT2D eigenvalue weighted by Gasteiger charge is 2.21. The van der Waals surface area contributed by atoms with Crippen LogP contribution in [0.2, 0.25) is 0 Å². The molecule has 3 N–H and O–H groups in total. The predicted octanol–water partition coefficient (Wildman–Crippen LogP) is 1.97. The topological polar surface area (TPSA) is 70.2 Å². The molecule has 0 radical (unpaired) electrons. The zero-order chi connectivity index (χ0) is 14.5. The van der Waals surface area contributed by atoms with Crippen molar-refractivity contribution in [2.75, 3.05) is 17.2 Å². The number of anilines is 2. The zero-order valence-electron chi connectivity index (χ0n) is 11.9. The van der Waals surface area contributed by atoms with Gasteiger partial charge < -0.3 is 16.0 Å². The van der Waals surface area contributed by atoms with Crippen molar-refractivity contribution in [1.82, 2.24) is 5.32 Å². The largest absolute Gasteiger partial charge is 0.326 e. The van der Waals surface area contributed by atoms with Crippen molar-refractivity contribution in [1.29, 1.82) is 0 Å².